The zero-order valence-electron chi connectivity index (χ0n) is 21.3. The van der Waals surface area contributed by atoms with Crippen molar-refractivity contribution in [3.63, 3.8) is 0 Å². The number of hydrogen-bond donors (Lipinski definition) is 1. The van der Waals surface area contributed by atoms with Gasteiger partial charge in [-0.2, -0.15) is 0 Å². The number of ether oxygens (including phenoxy) is 2. The van der Waals surface area contributed by atoms with Gasteiger partial charge in [-0.15, -0.1) is 0 Å². The van der Waals surface area contributed by atoms with Crippen LogP contribution >= 0.6 is 27.7 Å². The van der Waals surface area contributed by atoms with Gasteiger partial charge in [0.2, 0.25) is 5.91 Å². The lowest BCUT2D eigenvalue weighted by molar-refractivity contribution is -0.127. The van der Waals surface area contributed by atoms with Crippen molar-refractivity contribution in [2.75, 3.05) is 43.1 Å². The van der Waals surface area contributed by atoms with Crippen LogP contribution in [0.5, 0.6) is 5.75 Å². The third-order valence-corrected chi connectivity index (χ3v) is 7.79. The minimum absolute atomic E-state index is 0.221. The van der Waals surface area contributed by atoms with Crippen molar-refractivity contribution >= 4 is 62.2 Å². The van der Waals surface area contributed by atoms with E-state index in [2.05, 4.69) is 26.1 Å². The van der Waals surface area contributed by atoms with Gasteiger partial charge in [0, 0.05) is 13.1 Å². The molecular weight excluding hydrogens is 601 g/mol. The number of morpholine rings is 1. The van der Waals surface area contributed by atoms with Crippen molar-refractivity contribution in [2.24, 2.45) is 0 Å². The molecule has 0 radical (unpaired) electrons. The third kappa shape index (κ3) is 6.72. The van der Waals surface area contributed by atoms with Crippen LogP contribution in [-0.2, 0) is 20.9 Å². The van der Waals surface area contributed by atoms with Crippen molar-refractivity contribution in [1.29, 1.82) is 0 Å². The molecule has 3 aromatic carbocycles. The minimum Gasteiger partial charge on any atom is -0.488 e. The van der Waals surface area contributed by atoms with E-state index in [0.717, 1.165) is 27.9 Å². The highest BCUT2D eigenvalue weighted by Crippen LogP contribution is 2.34. The SMILES string of the molecule is O=C(CN1C(=O)S/C(=C\c2ccc(OCc3ccc(F)cc3)c(Br)c2)C1=O)Nc1ccccc1N1CCOCC1. The smallest absolute Gasteiger partial charge is 0.294 e. The maximum atomic E-state index is 13.1. The van der Waals surface area contributed by atoms with Crippen LogP contribution in [0.4, 0.5) is 20.6 Å². The van der Waals surface area contributed by atoms with Crippen molar-refractivity contribution < 1.29 is 28.2 Å². The van der Waals surface area contributed by atoms with Gasteiger partial charge in [-0.1, -0.05) is 30.3 Å². The number of nitrogens with one attached hydrogen (secondary N) is 1. The highest BCUT2D eigenvalue weighted by Gasteiger charge is 2.36. The summed E-state index contributed by atoms with van der Waals surface area (Å²) in [5.41, 5.74) is 2.97. The van der Waals surface area contributed by atoms with Crippen LogP contribution in [0.25, 0.3) is 6.08 Å². The van der Waals surface area contributed by atoms with Gasteiger partial charge in [0.1, 0.15) is 24.7 Å². The predicted molar refractivity (Wildman–Crippen MR) is 156 cm³/mol. The Balaban J connectivity index is 1.21. The second-order valence-electron chi connectivity index (χ2n) is 9.04. The summed E-state index contributed by atoms with van der Waals surface area (Å²) in [5, 5.41) is 2.34. The Morgan fingerprint density at radius 1 is 1.07 bits per heavy atom. The summed E-state index contributed by atoms with van der Waals surface area (Å²) in [7, 11) is 0. The molecule has 2 fully saturated rings. The second kappa shape index (κ2) is 12.7. The van der Waals surface area contributed by atoms with Crippen LogP contribution in [0, 0.1) is 5.82 Å². The Morgan fingerprint density at radius 2 is 1.82 bits per heavy atom. The second-order valence-corrected chi connectivity index (χ2v) is 10.9. The number of para-hydroxylation sites is 2. The average molecular weight is 627 g/mol. The summed E-state index contributed by atoms with van der Waals surface area (Å²) >= 11 is 4.26. The van der Waals surface area contributed by atoms with Crippen LogP contribution in [0.2, 0.25) is 0 Å². The van der Waals surface area contributed by atoms with Gasteiger partial charge in [0.25, 0.3) is 11.1 Å². The number of carbonyl (C=O) groups excluding carboxylic acids is 3. The first-order valence-corrected chi connectivity index (χ1v) is 14.1. The lowest BCUT2D eigenvalue weighted by Gasteiger charge is -2.30. The minimum atomic E-state index is -0.528. The van der Waals surface area contributed by atoms with Crippen LogP contribution in [0.1, 0.15) is 11.1 Å². The number of anilines is 2. The lowest BCUT2D eigenvalue weighted by Crippen LogP contribution is -2.38. The topological polar surface area (TPSA) is 88.2 Å². The summed E-state index contributed by atoms with van der Waals surface area (Å²) in [6.45, 7) is 2.49. The summed E-state index contributed by atoms with van der Waals surface area (Å²) in [5.74, 6) is -0.730. The number of rotatable bonds is 8. The predicted octanol–water partition coefficient (Wildman–Crippen LogP) is 5.68. The quantitative estimate of drug-likeness (QED) is 0.322. The Labute approximate surface area is 243 Å². The van der Waals surface area contributed by atoms with Gasteiger partial charge in [-0.25, -0.2) is 4.39 Å². The zero-order chi connectivity index (χ0) is 28.1. The van der Waals surface area contributed by atoms with E-state index in [4.69, 9.17) is 9.47 Å². The number of amides is 3. The van der Waals surface area contributed by atoms with Crippen LogP contribution in [0.3, 0.4) is 0 Å². The van der Waals surface area contributed by atoms with Gasteiger partial charge in [-0.05, 0) is 81.3 Å². The van der Waals surface area contributed by atoms with Crippen molar-refractivity contribution in [3.8, 4) is 5.75 Å². The molecule has 0 saturated carbocycles. The molecule has 2 saturated heterocycles. The van der Waals surface area contributed by atoms with E-state index in [0.29, 0.717) is 47.8 Å². The number of benzene rings is 3. The summed E-state index contributed by atoms with van der Waals surface area (Å²) in [4.78, 5) is 41.8. The Morgan fingerprint density at radius 3 is 2.58 bits per heavy atom. The van der Waals surface area contributed by atoms with E-state index < -0.39 is 17.1 Å². The van der Waals surface area contributed by atoms with Crippen molar-refractivity contribution in [3.05, 3.63) is 93.1 Å². The van der Waals surface area contributed by atoms with E-state index in [-0.39, 0.29) is 23.9 Å². The van der Waals surface area contributed by atoms with Crippen LogP contribution in [0.15, 0.2) is 76.1 Å². The highest BCUT2D eigenvalue weighted by molar-refractivity contribution is 9.10. The molecule has 11 heteroatoms. The number of thioether (sulfide) groups is 1. The molecule has 0 spiro atoms. The fourth-order valence-corrected chi connectivity index (χ4v) is 5.60. The standard InChI is InChI=1S/C29H25BrFN3O5S/c30-22-15-20(7-10-25(22)39-18-19-5-8-21(31)9-6-19)16-26-28(36)34(29(37)40-26)17-27(35)32-23-3-1-2-4-24(23)33-11-13-38-14-12-33/h1-10,15-16H,11-14,17-18H2,(H,32,35)/b26-16-. The van der Waals surface area contributed by atoms with Gasteiger partial charge in [0.05, 0.1) is 34.0 Å². The first kappa shape index (κ1) is 27.9. The molecule has 2 aliphatic rings. The van der Waals surface area contributed by atoms with Crippen LogP contribution in [-0.4, -0.2) is 54.8 Å². The molecular formula is C29H25BrFN3O5S. The zero-order valence-corrected chi connectivity index (χ0v) is 23.7. The summed E-state index contributed by atoms with van der Waals surface area (Å²) < 4.78 is 25.0. The van der Waals surface area contributed by atoms with Gasteiger partial charge in [-0.3, -0.25) is 19.3 Å². The first-order chi connectivity index (χ1) is 19.4. The summed E-state index contributed by atoms with van der Waals surface area (Å²) in [6.07, 6.45) is 1.60. The molecule has 206 valence electrons. The number of halogens is 2. The molecule has 0 atom stereocenters. The highest BCUT2D eigenvalue weighted by atomic mass is 79.9. The van der Waals surface area contributed by atoms with Gasteiger partial charge >= 0.3 is 0 Å². The van der Waals surface area contributed by atoms with Gasteiger partial charge in [0.15, 0.2) is 0 Å². The molecule has 0 aliphatic carbocycles. The van der Waals surface area contributed by atoms with E-state index >= 15 is 0 Å². The normalized spacial score (nSPS) is 16.5. The van der Waals surface area contributed by atoms with E-state index in [1.54, 1.807) is 42.5 Å². The Bertz CT molecular complexity index is 1460. The molecule has 1 N–H and O–H groups in total. The maximum Gasteiger partial charge on any atom is 0.294 e. The molecule has 5 rings (SSSR count). The monoisotopic (exact) mass is 625 g/mol. The Hall–Kier alpha value is -3.67. The molecule has 0 unspecified atom stereocenters. The molecule has 0 bridgehead atoms. The van der Waals surface area contributed by atoms with E-state index in [1.165, 1.54) is 12.1 Å². The fourth-order valence-electron chi connectivity index (χ4n) is 4.25. The molecule has 3 amide bonds. The summed E-state index contributed by atoms with van der Waals surface area (Å²) in [6, 6.07) is 18.7. The molecule has 3 aromatic rings. The van der Waals surface area contributed by atoms with Gasteiger partial charge < -0.3 is 19.7 Å². The number of hydrogen-bond acceptors (Lipinski definition) is 7. The third-order valence-electron chi connectivity index (χ3n) is 6.27. The molecule has 2 aliphatic heterocycles. The molecule has 0 aromatic heterocycles. The lowest BCUT2D eigenvalue weighted by atomic mass is 10.2. The Kier molecular flexibility index (Phi) is 8.83. The fraction of sp³-hybridized carbons (Fsp3) is 0.207. The van der Waals surface area contributed by atoms with Crippen molar-refractivity contribution in [2.45, 2.75) is 6.61 Å². The van der Waals surface area contributed by atoms with E-state index in [1.807, 2.05) is 18.2 Å². The number of imide groups is 1. The number of nitrogens with zero attached hydrogens (tertiary/aromatic N) is 2. The molecule has 2 heterocycles. The molecule has 40 heavy (non-hydrogen) atoms. The first-order valence-electron chi connectivity index (χ1n) is 12.5. The van der Waals surface area contributed by atoms with E-state index in [9.17, 15) is 18.8 Å². The average Bonchev–Trinajstić information content (AvgIpc) is 3.21. The van der Waals surface area contributed by atoms with Crippen molar-refractivity contribution in [1.82, 2.24) is 4.90 Å². The largest absolute Gasteiger partial charge is 0.488 e. The maximum absolute atomic E-state index is 13.1. The number of carbonyl (C=O) groups is 3. The van der Waals surface area contributed by atoms with Crippen LogP contribution < -0.4 is 15.0 Å². The molecule has 8 nitrogen and oxygen atoms in total.